The van der Waals surface area contributed by atoms with Gasteiger partial charge in [0.05, 0.1) is 38.2 Å². The van der Waals surface area contributed by atoms with Crippen molar-refractivity contribution in [1.29, 1.82) is 0 Å². The quantitative estimate of drug-likeness (QED) is 0.537. The van der Waals surface area contributed by atoms with Crippen molar-refractivity contribution in [2.24, 2.45) is 0 Å². The van der Waals surface area contributed by atoms with E-state index in [2.05, 4.69) is 9.88 Å². The molecule has 1 aromatic carbocycles. The summed E-state index contributed by atoms with van der Waals surface area (Å²) in [6, 6.07) is 9.60. The summed E-state index contributed by atoms with van der Waals surface area (Å²) in [7, 11) is 3.28. The van der Waals surface area contributed by atoms with Gasteiger partial charge in [-0.25, -0.2) is 4.98 Å². The summed E-state index contributed by atoms with van der Waals surface area (Å²) in [6.45, 7) is 5.29. The Balaban J connectivity index is 1.35. The molecule has 0 radical (unpaired) electrons. The van der Waals surface area contributed by atoms with Crippen LogP contribution in [-0.4, -0.2) is 48.3 Å². The molecule has 0 saturated carbocycles. The lowest BCUT2D eigenvalue weighted by Gasteiger charge is -2.31. The van der Waals surface area contributed by atoms with Crippen LogP contribution in [-0.2, 0) is 17.9 Å². The minimum absolute atomic E-state index is 0.284. The molecule has 4 rings (SSSR count). The van der Waals surface area contributed by atoms with Crippen molar-refractivity contribution in [1.82, 2.24) is 14.9 Å². The van der Waals surface area contributed by atoms with Crippen LogP contribution in [0.3, 0.4) is 0 Å². The number of ether oxygens (including phenoxy) is 3. The lowest BCUT2D eigenvalue weighted by atomic mass is 10.1. The van der Waals surface area contributed by atoms with Gasteiger partial charge in [-0.3, -0.25) is 9.88 Å². The lowest BCUT2D eigenvalue weighted by Crippen LogP contribution is -2.36. The van der Waals surface area contributed by atoms with Crippen molar-refractivity contribution in [3.8, 4) is 23.0 Å². The fraction of sp³-hybridized carbons (Fsp3) is 0.417. The zero-order chi connectivity index (χ0) is 21.6. The predicted octanol–water partition coefficient (Wildman–Crippen LogP) is 4.24. The summed E-state index contributed by atoms with van der Waals surface area (Å²) in [6.07, 6.45) is 5.94. The second kappa shape index (κ2) is 9.94. The zero-order valence-electron chi connectivity index (χ0n) is 18.3. The van der Waals surface area contributed by atoms with Crippen molar-refractivity contribution in [2.45, 2.75) is 39.0 Å². The van der Waals surface area contributed by atoms with Crippen molar-refractivity contribution in [3.63, 3.8) is 0 Å². The molecule has 2 aromatic heterocycles. The van der Waals surface area contributed by atoms with Gasteiger partial charge in [-0.05, 0) is 49.6 Å². The SMILES string of the molecule is COc1ccc(OC)c(-c2nc(CN3CCC(OCc4cccnc4)CC3)c(C)o2)c1. The average Bonchev–Trinajstić information content (AvgIpc) is 3.18. The summed E-state index contributed by atoms with van der Waals surface area (Å²) < 4.78 is 22.9. The molecule has 0 spiro atoms. The Morgan fingerprint density at radius 3 is 2.68 bits per heavy atom. The Kier molecular flexibility index (Phi) is 6.84. The van der Waals surface area contributed by atoms with Crippen molar-refractivity contribution in [3.05, 3.63) is 59.7 Å². The third kappa shape index (κ3) is 5.24. The third-order valence-electron chi connectivity index (χ3n) is 5.65. The number of piperidine rings is 1. The van der Waals surface area contributed by atoms with Gasteiger partial charge in [0.25, 0.3) is 0 Å². The van der Waals surface area contributed by atoms with Crippen LogP contribution in [0.5, 0.6) is 11.5 Å². The maximum absolute atomic E-state index is 6.07. The van der Waals surface area contributed by atoms with E-state index in [1.54, 1.807) is 20.4 Å². The van der Waals surface area contributed by atoms with E-state index in [4.69, 9.17) is 23.6 Å². The van der Waals surface area contributed by atoms with Gasteiger partial charge >= 0.3 is 0 Å². The Morgan fingerprint density at radius 2 is 1.97 bits per heavy atom. The van der Waals surface area contributed by atoms with Crippen molar-refractivity contribution in [2.75, 3.05) is 27.3 Å². The molecule has 0 N–H and O–H groups in total. The van der Waals surface area contributed by atoms with E-state index in [0.717, 1.165) is 60.8 Å². The van der Waals surface area contributed by atoms with E-state index >= 15 is 0 Å². The second-order valence-electron chi connectivity index (χ2n) is 7.74. The van der Waals surface area contributed by atoms with Crippen LogP contribution in [0.2, 0.25) is 0 Å². The van der Waals surface area contributed by atoms with Gasteiger partial charge in [-0.15, -0.1) is 0 Å². The van der Waals surface area contributed by atoms with Gasteiger partial charge in [0.1, 0.15) is 17.3 Å². The zero-order valence-corrected chi connectivity index (χ0v) is 18.3. The van der Waals surface area contributed by atoms with Gasteiger partial charge in [0.15, 0.2) is 0 Å². The topological polar surface area (TPSA) is 69.9 Å². The number of methoxy groups -OCH3 is 2. The number of likely N-dealkylation sites (tertiary alicyclic amines) is 1. The van der Waals surface area contributed by atoms with E-state index in [1.807, 2.05) is 43.5 Å². The standard InChI is InChI=1S/C24H29N3O4/c1-17-22(26-24(31-17)21-13-20(28-2)6-7-23(21)29-3)15-27-11-8-19(9-12-27)30-16-18-5-4-10-25-14-18/h4-7,10,13-14,19H,8-9,11-12,15-16H2,1-3H3. The summed E-state index contributed by atoms with van der Waals surface area (Å²) in [4.78, 5) is 11.3. The molecule has 1 fully saturated rings. The molecule has 0 amide bonds. The first-order valence-electron chi connectivity index (χ1n) is 10.6. The van der Waals surface area contributed by atoms with E-state index in [9.17, 15) is 0 Å². The Morgan fingerprint density at radius 1 is 1.13 bits per heavy atom. The molecular weight excluding hydrogens is 394 g/mol. The molecule has 7 heteroatoms. The molecule has 7 nitrogen and oxygen atoms in total. The maximum atomic E-state index is 6.07. The molecule has 0 unspecified atom stereocenters. The number of hydrogen-bond acceptors (Lipinski definition) is 7. The predicted molar refractivity (Wildman–Crippen MR) is 117 cm³/mol. The van der Waals surface area contributed by atoms with Gasteiger partial charge in [0, 0.05) is 32.0 Å². The molecule has 0 atom stereocenters. The smallest absolute Gasteiger partial charge is 0.230 e. The average molecular weight is 424 g/mol. The second-order valence-corrected chi connectivity index (χ2v) is 7.74. The highest BCUT2D eigenvalue weighted by Gasteiger charge is 2.23. The van der Waals surface area contributed by atoms with Crippen LogP contribution in [0.1, 0.15) is 29.9 Å². The largest absolute Gasteiger partial charge is 0.497 e. The van der Waals surface area contributed by atoms with E-state index in [-0.39, 0.29) is 6.10 Å². The first-order chi connectivity index (χ1) is 15.2. The molecule has 1 saturated heterocycles. The number of rotatable bonds is 8. The van der Waals surface area contributed by atoms with Crippen LogP contribution in [0.15, 0.2) is 47.1 Å². The normalized spacial score (nSPS) is 15.2. The third-order valence-corrected chi connectivity index (χ3v) is 5.65. The molecule has 0 bridgehead atoms. The van der Waals surface area contributed by atoms with Gasteiger partial charge in [0.2, 0.25) is 5.89 Å². The molecular formula is C24H29N3O4. The number of pyridine rings is 1. The number of aromatic nitrogens is 2. The molecule has 0 aliphatic carbocycles. The highest BCUT2D eigenvalue weighted by Crippen LogP contribution is 2.34. The van der Waals surface area contributed by atoms with Crippen molar-refractivity contribution < 1.29 is 18.6 Å². The summed E-state index contributed by atoms with van der Waals surface area (Å²) in [5.74, 6) is 2.83. The number of nitrogens with zero attached hydrogens (tertiary/aromatic N) is 3. The molecule has 1 aliphatic rings. The van der Waals surface area contributed by atoms with Crippen LogP contribution in [0, 0.1) is 6.92 Å². The number of hydrogen-bond donors (Lipinski definition) is 0. The fourth-order valence-corrected chi connectivity index (χ4v) is 3.81. The lowest BCUT2D eigenvalue weighted by molar-refractivity contribution is -0.00427. The highest BCUT2D eigenvalue weighted by atomic mass is 16.5. The maximum Gasteiger partial charge on any atom is 0.230 e. The van der Waals surface area contributed by atoms with Gasteiger partial charge < -0.3 is 18.6 Å². The number of benzene rings is 1. The van der Waals surface area contributed by atoms with Gasteiger partial charge in [-0.2, -0.15) is 0 Å². The Labute approximate surface area is 183 Å². The molecule has 164 valence electrons. The highest BCUT2D eigenvalue weighted by molar-refractivity contribution is 5.65. The first kappa shape index (κ1) is 21.3. The molecule has 1 aliphatic heterocycles. The molecule has 3 heterocycles. The van der Waals surface area contributed by atoms with Crippen molar-refractivity contribution >= 4 is 0 Å². The Bertz CT molecular complexity index is 982. The van der Waals surface area contributed by atoms with Gasteiger partial charge in [-0.1, -0.05) is 6.07 Å². The van der Waals surface area contributed by atoms with Crippen LogP contribution in [0.4, 0.5) is 0 Å². The minimum atomic E-state index is 0.284. The Hall–Kier alpha value is -2.90. The number of aryl methyl sites for hydroxylation is 1. The van der Waals surface area contributed by atoms with E-state index in [1.165, 1.54) is 0 Å². The van der Waals surface area contributed by atoms with Crippen LogP contribution >= 0.6 is 0 Å². The minimum Gasteiger partial charge on any atom is -0.497 e. The molecule has 31 heavy (non-hydrogen) atoms. The summed E-state index contributed by atoms with van der Waals surface area (Å²) in [5, 5.41) is 0. The number of oxazole rings is 1. The van der Waals surface area contributed by atoms with E-state index < -0.39 is 0 Å². The summed E-state index contributed by atoms with van der Waals surface area (Å²) in [5.41, 5.74) is 2.86. The summed E-state index contributed by atoms with van der Waals surface area (Å²) >= 11 is 0. The first-order valence-corrected chi connectivity index (χ1v) is 10.6. The monoisotopic (exact) mass is 423 g/mol. The fourth-order valence-electron chi connectivity index (χ4n) is 3.81. The molecule has 3 aromatic rings. The van der Waals surface area contributed by atoms with E-state index in [0.29, 0.717) is 18.2 Å². The van der Waals surface area contributed by atoms with Crippen LogP contribution in [0.25, 0.3) is 11.5 Å². The van der Waals surface area contributed by atoms with Crippen LogP contribution < -0.4 is 9.47 Å².